The van der Waals surface area contributed by atoms with Gasteiger partial charge in [-0.1, -0.05) is 28.0 Å². The number of fused-ring (bicyclic) bond motifs is 1. The van der Waals surface area contributed by atoms with Crippen LogP contribution in [0.25, 0.3) is 21.7 Å². The summed E-state index contributed by atoms with van der Waals surface area (Å²) in [4.78, 5) is 5.74. The summed E-state index contributed by atoms with van der Waals surface area (Å²) in [7, 11) is 0. The van der Waals surface area contributed by atoms with Crippen LogP contribution in [0, 0.1) is 0 Å². The lowest BCUT2D eigenvalue weighted by molar-refractivity contribution is 0.587. The van der Waals surface area contributed by atoms with Crippen LogP contribution in [0.2, 0.25) is 5.02 Å². The predicted molar refractivity (Wildman–Crippen MR) is 99.4 cm³/mol. The van der Waals surface area contributed by atoms with Gasteiger partial charge in [0.2, 0.25) is 5.89 Å². The minimum atomic E-state index is 0.309. The van der Waals surface area contributed by atoms with Crippen LogP contribution >= 0.6 is 34.7 Å². The van der Waals surface area contributed by atoms with E-state index in [1.54, 1.807) is 35.2 Å². The van der Waals surface area contributed by atoms with Crippen LogP contribution in [0.5, 0.6) is 0 Å². The molecule has 0 aliphatic rings. The van der Waals surface area contributed by atoms with Gasteiger partial charge in [0.15, 0.2) is 5.13 Å². The molecule has 0 atom stereocenters. The zero-order valence-electron chi connectivity index (χ0n) is 12.5. The summed E-state index contributed by atoms with van der Waals surface area (Å²) in [6.07, 6.45) is 2.05. The largest absolute Gasteiger partial charge is 0.403 e. The van der Waals surface area contributed by atoms with Gasteiger partial charge in [-0.25, -0.2) is 4.98 Å². The molecule has 0 fully saturated rings. The van der Waals surface area contributed by atoms with Gasteiger partial charge < -0.3 is 4.42 Å². The Morgan fingerprint density at radius 1 is 1.12 bits per heavy atom. The van der Waals surface area contributed by atoms with E-state index in [1.807, 2.05) is 18.2 Å². The summed E-state index contributed by atoms with van der Waals surface area (Å²) in [5.74, 6) is 0.431. The molecule has 8 heteroatoms. The smallest absolute Gasteiger partial charge is 0.322 e. The van der Waals surface area contributed by atoms with E-state index in [4.69, 9.17) is 16.0 Å². The topological polar surface area (TPSA) is 63.8 Å². The van der Waals surface area contributed by atoms with E-state index >= 15 is 0 Å². The highest BCUT2D eigenvalue weighted by molar-refractivity contribution is 7.98. The molecule has 0 aliphatic heterocycles. The molecule has 4 aromatic rings. The molecular formula is C16H11ClN4OS2. The molecule has 0 saturated carbocycles. The van der Waals surface area contributed by atoms with Crippen molar-refractivity contribution in [3.8, 4) is 11.5 Å². The van der Waals surface area contributed by atoms with E-state index < -0.39 is 0 Å². The first-order valence-electron chi connectivity index (χ1n) is 7.02. The quantitative estimate of drug-likeness (QED) is 0.478. The summed E-state index contributed by atoms with van der Waals surface area (Å²) < 4.78 is 6.75. The highest BCUT2D eigenvalue weighted by atomic mass is 35.5. The summed E-state index contributed by atoms with van der Waals surface area (Å²) in [6, 6.07) is 13.7. The Kier molecular flexibility index (Phi) is 4.13. The minimum absolute atomic E-state index is 0.309. The van der Waals surface area contributed by atoms with E-state index in [1.165, 1.54) is 4.90 Å². The third-order valence-electron chi connectivity index (χ3n) is 3.33. The average molecular weight is 375 g/mol. The monoisotopic (exact) mass is 374 g/mol. The lowest BCUT2D eigenvalue weighted by Gasteiger charge is -1.95. The molecule has 120 valence electrons. The second-order valence-corrected chi connectivity index (χ2v) is 7.24. The number of benzene rings is 2. The van der Waals surface area contributed by atoms with Crippen LogP contribution in [-0.4, -0.2) is 21.4 Å². The van der Waals surface area contributed by atoms with Crippen molar-refractivity contribution in [3.63, 3.8) is 0 Å². The van der Waals surface area contributed by atoms with E-state index in [9.17, 15) is 0 Å². The summed E-state index contributed by atoms with van der Waals surface area (Å²) in [5.41, 5.74) is 1.76. The van der Waals surface area contributed by atoms with Crippen molar-refractivity contribution >= 4 is 56.1 Å². The van der Waals surface area contributed by atoms with Crippen molar-refractivity contribution < 1.29 is 4.42 Å². The van der Waals surface area contributed by atoms with Crippen molar-refractivity contribution in [2.24, 2.45) is 0 Å². The van der Waals surface area contributed by atoms with Gasteiger partial charge in [0.05, 0.1) is 10.2 Å². The lowest BCUT2D eigenvalue weighted by Crippen LogP contribution is -1.88. The van der Waals surface area contributed by atoms with Crippen LogP contribution in [0.3, 0.4) is 0 Å². The number of anilines is 2. The normalized spacial score (nSPS) is 11.1. The fourth-order valence-electron chi connectivity index (χ4n) is 2.16. The second kappa shape index (κ2) is 6.43. The number of hydrogen-bond donors (Lipinski definition) is 1. The fraction of sp³-hybridized carbons (Fsp3) is 0.0625. The number of thioether (sulfide) groups is 1. The maximum absolute atomic E-state index is 5.88. The molecule has 1 N–H and O–H groups in total. The SMILES string of the molecule is CSc1ccc2nc(Nc3nnc(-c4ccc(Cl)cc4)o3)sc2c1. The van der Waals surface area contributed by atoms with Gasteiger partial charge in [-0.15, -0.1) is 16.9 Å². The summed E-state index contributed by atoms with van der Waals surface area (Å²) in [6.45, 7) is 0. The highest BCUT2D eigenvalue weighted by Gasteiger charge is 2.11. The van der Waals surface area contributed by atoms with Crippen LogP contribution in [0.1, 0.15) is 0 Å². The first-order valence-corrected chi connectivity index (χ1v) is 9.44. The molecule has 2 aromatic heterocycles. The number of thiazole rings is 1. The van der Waals surface area contributed by atoms with Crippen LogP contribution in [0.4, 0.5) is 11.1 Å². The minimum Gasteiger partial charge on any atom is -0.403 e. The van der Waals surface area contributed by atoms with Crippen LogP contribution in [0.15, 0.2) is 51.8 Å². The zero-order chi connectivity index (χ0) is 16.5. The third-order valence-corrected chi connectivity index (χ3v) is 5.24. The molecule has 2 aromatic carbocycles. The summed E-state index contributed by atoms with van der Waals surface area (Å²) >= 11 is 9.14. The van der Waals surface area contributed by atoms with E-state index in [2.05, 4.69) is 38.9 Å². The van der Waals surface area contributed by atoms with Gasteiger partial charge in [-0.2, -0.15) is 0 Å². The van der Waals surface area contributed by atoms with Crippen LogP contribution in [-0.2, 0) is 0 Å². The second-order valence-electron chi connectivity index (χ2n) is 4.90. The maximum Gasteiger partial charge on any atom is 0.322 e. The Morgan fingerprint density at radius 3 is 2.75 bits per heavy atom. The maximum atomic E-state index is 5.88. The average Bonchev–Trinajstić information content (AvgIpc) is 3.21. The van der Waals surface area contributed by atoms with Gasteiger partial charge in [0, 0.05) is 15.5 Å². The number of nitrogens with zero attached hydrogens (tertiary/aromatic N) is 3. The number of aromatic nitrogens is 3. The van der Waals surface area contributed by atoms with Gasteiger partial charge in [-0.3, -0.25) is 5.32 Å². The molecule has 0 saturated heterocycles. The number of halogens is 1. The molecule has 2 heterocycles. The molecule has 24 heavy (non-hydrogen) atoms. The van der Waals surface area contributed by atoms with Crippen molar-refractivity contribution in [2.75, 3.05) is 11.6 Å². The predicted octanol–water partition coefficient (Wildman–Crippen LogP) is 5.47. The Balaban J connectivity index is 1.58. The Bertz CT molecular complexity index is 997. The number of rotatable bonds is 4. The van der Waals surface area contributed by atoms with E-state index in [-0.39, 0.29) is 0 Å². The van der Waals surface area contributed by atoms with Crippen molar-refractivity contribution in [1.29, 1.82) is 0 Å². The van der Waals surface area contributed by atoms with Gasteiger partial charge in [0.1, 0.15) is 0 Å². The number of hydrogen-bond acceptors (Lipinski definition) is 7. The zero-order valence-corrected chi connectivity index (χ0v) is 14.9. The van der Waals surface area contributed by atoms with Crippen molar-refractivity contribution in [2.45, 2.75) is 4.90 Å². The van der Waals surface area contributed by atoms with E-state index in [0.717, 1.165) is 20.9 Å². The van der Waals surface area contributed by atoms with Crippen LogP contribution < -0.4 is 5.32 Å². The highest BCUT2D eigenvalue weighted by Crippen LogP contribution is 2.31. The lowest BCUT2D eigenvalue weighted by atomic mass is 10.2. The Hall–Kier alpha value is -2.09. The van der Waals surface area contributed by atoms with Gasteiger partial charge in [0.25, 0.3) is 0 Å². The molecule has 0 spiro atoms. The van der Waals surface area contributed by atoms with Gasteiger partial charge >= 0.3 is 6.01 Å². The van der Waals surface area contributed by atoms with Gasteiger partial charge in [-0.05, 0) is 48.7 Å². The molecule has 0 aliphatic carbocycles. The summed E-state index contributed by atoms with van der Waals surface area (Å²) in [5, 5.41) is 12.5. The molecule has 5 nitrogen and oxygen atoms in total. The fourth-order valence-corrected chi connectivity index (χ4v) is 3.69. The number of nitrogens with one attached hydrogen (secondary N) is 1. The molecule has 0 amide bonds. The molecule has 4 rings (SSSR count). The molecule has 0 radical (unpaired) electrons. The third kappa shape index (κ3) is 3.10. The van der Waals surface area contributed by atoms with E-state index in [0.29, 0.717) is 16.9 Å². The molecular weight excluding hydrogens is 364 g/mol. The molecule has 0 bridgehead atoms. The Labute approximate surface area is 151 Å². The van der Waals surface area contributed by atoms with Crippen molar-refractivity contribution in [1.82, 2.24) is 15.2 Å². The standard InChI is InChI=1S/C16H11ClN4OS2/c1-23-11-6-7-12-13(8-11)24-16(18-12)19-15-21-20-14(22-15)9-2-4-10(17)5-3-9/h2-8H,1H3,(H,18,19,21). The first-order chi connectivity index (χ1) is 11.7. The molecule has 0 unspecified atom stereocenters. The van der Waals surface area contributed by atoms with Crippen molar-refractivity contribution in [3.05, 3.63) is 47.5 Å². The Morgan fingerprint density at radius 2 is 1.96 bits per heavy atom. The first kappa shape index (κ1) is 15.4.